The van der Waals surface area contributed by atoms with E-state index in [0.29, 0.717) is 30.0 Å². The first kappa shape index (κ1) is 15.7. The predicted octanol–water partition coefficient (Wildman–Crippen LogP) is 1.04. The number of nitrogens with one attached hydrogen (secondary N) is 2. The number of carbonyl (C=O) groups excluding carboxylic acids is 1. The Kier molecular flexibility index (Phi) is 3.53. The van der Waals surface area contributed by atoms with E-state index >= 15 is 0 Å². The molecule has 4 N–H and O–H groups in total. The summed E-state index contributed by atoms with van der Waals surface area (Å²) in [6, 6.07) is 6.06. The van der Waals surface area contributed by atoms with Gasteiger partial charge in [0.2, 0.25) is 10.0 Å². The number of H-pyrrole nitrogens is 1. The Labute approximate surface area is 134 Å². The van der Waals surface area contributed by atoms with Crippen molar-refractivity contribution in [1.29, 1.82) is 0 Å². The maximum absolute atomic E-state index is 12.1. The van der Waals surface area contributed by atoms with Crippen molar-refractivity contribution in [3.05, 3.63) is 35.7 Å². The van der Waals surface area contributed by atoms with Gasteiger partial charge < -0.3 is 10.3 Å². The van der Waals surface area contributed by atoms with Crippen LogP contribution in [0.3, 0.4) is 0 Å². The van der Waals surface area contributed by atoms with Crippen molar-refractivity contribution in [2.24, 2.45) is 10.6 Å². The van der Waals surface area contributed by atoms with E-state index < -0.39 is 10.0 Å². The van der Waals surface area contributed by atoms with Crippen LogP contribution in [0, 0.1) is 5.41 Å². The molecular weight excluding hydrogens is 316 g/mol. The number of rotatable bonds is 2. The van der Waals surface area contributed by atoms with Crippen molar-refractivity contribution in [3.63, 3.8) is 0 Å². The maximum atomic E-state index is 12.1. The number of sulfonamides is 1. The maximum Gasteiger partial charge on any atom is 0.271 e. The monoisotopic (exact) mass is 334 g/mol. The smallest absolute Gasteiger partial charge is 0.271 e. The first-order valence-corrected chi connectivity index (χ1v) is 8.71. The van der Waals surface area contributed by atoms with Crippen LogP contribution < -0.4 is 10.5 Å². The molecule has 1 aliphatic rings. The van der Waals surface area contributed by atoms with Crippen molar-refractivity contribution in [2.75, 3.05) is 6.54 Å². The number of benzene rings is 1. The number of aromatic amines is 1. The molecule has 8 heteroatoms. The summed E-state index contributed by atoms with van der Waals surface area (Å²) in [5.41, 5.74) is 1.80. The number of nitrogens with zero attached hydrogens (tertiary/aromatic N) is 1. The number of carbonyl (C=O) groups is 1. The van der Waals surface area contributed by atoms with Crippen molar-refractivity contribution in [2.45, 2.75) is 25.2 Å². The van der Waals surface area contributed by atoms with E-state index in [1.54, 1.807) is 12.1 Å². The minimum absolute atomic E-state index is 0.0354. The van der Waals surface area contributed by atoms with Crippen molar-refractivity contribution >= 4 is 15.9 Å². The van der Waals surface area contributed by atoms with Gasteiger partial charge >= 0.3 is 0 Å². The van der Waals surface area contributed by atoms with E-state index in [0.717, 1.165) is 5.69 Å². The van der Waals surface area contributed by atoms with Crippen LogP contribution in [0.2, 0.25) is 0 Å². The third-order valence-electron chi connectivity index (χ3n) is 3.83. The van der Waals surface area contributed by atoms with Crippen molar-refractivity contribution in [1.82, 2.24) is 15.3 Å². The molecule has 1 aromatic heterocycles. The van der Waals surface area contributed by atoms with E-state index in [-0.39, 0.29) is 16.2 Å². The Morgan fingerprint density at radius 2 is 1.87 bits per heavy atom. The molecule has 122 valence electrons. The van der Waals surface area contributed by atoms with Gasteiger partial charge in [-0.1, -0.05) is 13.8 Å². The van der Waals surface area contributed by atoms with Crippen molar-refractivity contribution < 1.29 is 13.2 Å². The number of imidazole rings is 1. The average Bonchev–Trinajstić information content (AvgIpc) is 2.83. The Balaban J connectivity index is 2.00. The predicted molar refractivity (Wildman–Crippen MR) is 85.2 cm³/mol. The summed E-state index contributed by atoms with van der Waals surface area (Å²) in [5, 5.41) is 7.95. The highest BCUT2D eigenvalue weighted by Crippen LogP contribution is 2.27. The summed E-state index contributed by atoms with van der Waals surface area (Å²) in [5.74, 6) is 0.332. The summed E-state index contributed by atoms with van der Waals surface area (Å²) in [4.78, 5) is 19.7. The molecule has 0 aliphatic carbocycles. The zero-order valence-electron chi connectivity index (χ0n) is 12.9. The third-order valence-corrected chi connectivity index (χ3v) is 4.76. The van der Waals surface area contributed by atoms with Gasteiger partial charge in [-0.3, -0.25) is 4.79 Å². The molecule has 1 aliphatic heterocycles. The lowest BCUT2D eigenvalue weighted by Gasteiger charge is -2.21. The Morgan fingerprint density at radius 3 is 2.48 bits per heavy atom. The fourth-order valence-electron chi connectivity index (χ4n) is 2.61. The Morgan fingerprint density at radius 1 is 1.22 bits per heavy atom. The number of primary sulfonamides is 1. The van der Waals surface area contributed by atoms with Gasteiger partial charge in [0.1, 0.15) is 11.5 Å². The van der Waals surface area contributed by atoms with Gasteiger partial charge in [0, 0.05) is 17.8 Å². The van der Waals surface area contributed by atoms with Crippen LogP contribution >= 0.6 is 0 Å². The topological polar surface area (TPSA) is 118 Å². The van der Waals surface area contributed by atoms with Gasteiger partial charge in [0.05, 0.1) is 4.90 Å². The molecule has 7 nitrogen and oxygen atoms in total. The van der Waals surface area contributed by atoms with Crippen LogP contribution in [0.25, 0.3) is 11.4 Å². The molecule has 0 radical (unpaired) electrons. The number of aromatic nitrogens is 2. The van der Waals surface area contributed by atoms with Crippen LogP contribution in [-0.4, -0.2) is 30.8 Å². The quantitative estimate of drug-likeness (QED) is 0.760. The second-order valence-electron chi connectivity index (χ2n) is 6.51. The van der Waals surface area contributed by atoms with E-state index in [1.165, 1.54) is 12.1 Å². The van der Waals surface area contributed by atoms with Crippen LogP contribution in [0.4, 0.5) is 0 Å². The second kappa shape index (κ2) is 5.17. The van der Waals surface area contributed by atoms with Crippen molar-refractivity contribution in [3.8, 4) is 11.4 Å². The summed E-state index contributed by atoms with van der Waals surface area (Å²) in [7, 11) is -3.73. The lowest BCUT2D eigenvalue weighted by molar-refractivity contribution is 0.0940. The molecule has 0 unspecified atom stereocenters. The lowest BCUT2D eigenvalue weighted by atomic mass is 9.88. The molecule has 1 aromatic carbocycles. The molecule has 23 heavy (non-hydrogen) atoms. The van der Waals surface area contributed by atoms with E-state index in [2.05, 4.69) is 29.1 Å². The molecule has 0 bridgehead atoms. The van der Waals surface area contributed by atoms with Crippen LogP contribution in [0.15, 0.2) is 29.2 Å². The zero-order chi connectivity index (χ0) is 16.8. The SMILES string of the molecule is CC1(C)CNC(=O)c2nc(-c3ccc(S(N)(=O)=O)cc3)[nH]c2C1. The average molecular weight is 334 g/mol. The van der Waals surface area contributed by atoms with Gasteiger partial charge in [-0.2, -0.15) is 0 Å². The van der Waals surface area contributed by atoms with E-state index in [4.69, 9.17) is 5.14 Å². The summed E-state index contributed by atoms with van der Waals surface area (Å²) >= 11 is 0. The number of amides is 1. The highest BCUT2D eigenvalue weighted by molar-refractivity contribution is 7.89. The largest absolute Gasteiger partial charge is 0.350 e. The standard InChI is InChI=1S/C15H18N4O3S/c1-15(2)7-11-12(14(20)17-8-15)19-13(18-11)9-3-5-10(6-4-9)23(16,21)22/h3-6H,7-8H2,1-2H3,(H,17,20)(H,18,19)(H2,16,21,22). The first-order chi connectivity index (χ1) is 10.7. The molecule has 2 aromatic rings. The van der Waals surface area contributed by atoms with Crippen LogP contribution in [0.1, 0.15) is 30.0 Å². The molecule has 0 saturated heterocycles. The first-order valence-electron chi connectivity index (χ1n) is 7.16. The normalized spacial score (nSPS) is 17.3. The van der Waals surface area contributed by atoms with Gasteiger partial charge in [-0.05, 0) is 36.1 Å². The fourth-order valence-corrected chi connectivity index (χ4v) is 3.12. The highest BCUT2D eigenvalue weighted by Gasteiger charge is 2.30. The molecule has 0 atom stereocenters. The molecular formula is C15H18N4O3S. The summed E-state index contributed by atoms with van der Waals surface area (Å²) in [6.45, 7) is 4.74. The molecule has 1 amide bonds. The van der Waals surface area contributed by atoms with Gasteiger partial charge in [0.25, 0.3) is 5.91 Å². The fraction of sp³-hybridized carbons (Fsp3) is 0.333. The molecule has 0 fully saturated rings. The van der Waals surface area contributed by atoms with Crippen LogP contribution in [-0.2, 0) is 16.4 Å². The number of nitrogens with two attached hydrogens (primary N) is 1. The van der Waals surface area contributed by atoms with E-state index in [9.17, 15) is 13.2 Å². The summed E-state index contributed by atoms with van der Waals surface area (Å²) < 4.78 is 22.6. The van der Waals surface area contributed by atoms with Gasteiger partial charge in [-0.15, -0.1) is 0 Å². The van der Waals surface area contributed by atoms with Gasteiger partial charge in [0.15, 0.2) is 0 Å². The minimum atomic E-state index is -3.73. The number of hydrogen-bond acceptors (Lipinski definition) is 4. The highest BCUT2D eigenvalue weighted by atomic mass is 32.2. The van der Waals surface area contributed by atoms with Gasteiger partial charge in [-0.25, -0.2) is 18.5 Å². The second-order valence-corrected chi connectivity index (χ2v) is 8.07. The molecule has 0 spiro atoms. The molecule has 3 rings (SSSR count). The number of hydrogen-bond donors (Lipinski definition) is 3. The molecule has 2 heterocycles. The third kappa shape index (κ3) is 3.13. The Bertz CT molecular complexity index is 867. The Hall–Kier alpha value is -2.19. The minimum Gasteiger partial charge on any atom is -0.350 e. The van der Waals surface area contributed by atoms with E-state index in [1.807, 2.05) is 0 Å². The number of fused-ring (bicyclic) bond motifs is 1. The zero-order valence-corrected chi connectivity index (χ0v) is 13.7. The lowest BCUT2D eigenvalue weighted by Crippen LogP contribution is -2.32. The summed E-state index contributed by atoms with van der Waals surface area (Å²) in [6.07, 6.45) is 0.698. The molecule has 0 saturated carbocycles. The van der Waals surface area contributed by atoms with Crippen LogP contribution in [0.5, 0.6) is 0 Å².